The van der Waals surface area contributed by atoms with Crippen molar-refractivity contribution in [3.63, 3.8) is 0 Å². The fourth-order valence-corrected chi connectivity index (χ4v) is 2.59. The van der Waals surface area contributed by atoms with Crippen LogP contribution < -0.4 is 10.1 Å². The average Bonchev–Trinajstić information content (AvgIpc) is 2.55. The Kier molecular flexibility index (Phi) is 5.66. The van der Waals surface area contributed by atoms with Crippen LogP contribution >= 0.6 is 11.6 Å². The number of fused-ring (bicyclic) bond motifs is 1. The summed E-state index contributed by atoms with van der Waals surface area (Å²) in [7, 11) is 4.14. The molecule has 1 aromatic carbocycles. The second kappa shape index (κ2) is 7.27. The first kappa shape index (κ1) is 15.6. The Morgan fingerprint density at radius 1 is 1.45 bits per heavy atom. The van der Waals surface area contributed by atoms with Gasteiger partial charge in [-0.3, -0.25) is 0 Å². The molecule has 0 amide bonds. The molecule has 1 aliphatic heterocycles. The number of nitrogens with zero attached hydrogens (tertiary/aromatic N) is 1. The van der Waals surface area contributed by atoms with Gasteiger partial charge in [0, 0.05) is 16.6 Å². The molecule has 0 aromatic heterocycles. The van der Waals surface area contributed by atoms with Crippen LogP contribution in [0.2, 0.25) is 5.02 Å². The summed E-state index contributed by atoms with van der Waals surface area (Å²) >= 11 is 5.98. The maximum atomic E-state index is 10.3. The Bertz CT molecular complexity index is 440. The van der Waals surface area contributed by atoms with Gasteiger partial charge in [0.15, 0.2) is 0 Å². The lowest BCUT2D eigenvalue weighted by molar-refractivity contribution is 0.151. The maximum absolute atomic E-state index is 10.3. The zero-order valence-corrected chi connectivity index (χ0v) is 12.9. The monoisotopic (exact) mass is 298 g/mol. The summed E-state index contributed by atoms with van der Waals surface area (Å²) in [5.74, 6) is 0.736. The number of ether oxygens (including phenoxy) is 1. The lowest BCUT2D eigenvalue weighted by Crippen LogP contribution is -2.36. The number of rotatable bonds is 5. The van der Waals surface area contributed by atoms with E-state index in [-0.39, 0.29) is 6.04 Å². The first-order valence-corrected chi connectivity index (χ1v) is 7.42. The molecule has 0 unspecified atom stereocenters. The summed E-state index contributed by atoms with van der Waals surface area (Å²) in [6.07, 6.45) is 1.20. The fourth-order valence-electron chi connectivity index (χ4n) is 2.41. The summed E-state index contributed by atoms with van der Waals surface area (Å²) in [6.45, 7) is 2.56. The maximum Gasteiger partial charge on any atom is 0.125 e. The minimum absolute atomic E-state index is 0.165. The van der Waals surface area contributed by atoms with Gasteiger partial charge in [-0.25, -0.2) is 0 Å². The Balaban J connectivity index is 1.89. The highest BCUT2D eigenvalue weighted by Gasteiger charge is 2.24. The van der Waals surface area contributed by atoms with Crippen molar-refractivity contribution in [1.29, 1.82) is 0 Å². The number of aliphatic hydroxyl groups is 1. The number of hydrogen-bond donors (Lipinski definition) is 2. The number of benzene rings is 1. The van der Waals surface area contributed by atoms with Crippen molar-refractivity contribution in [2.75, 3.05) is 33.8 Å². The second-order valence-corrected chi connectivity index (χ2v) is 5.99. The SMILES string of the molecule is CN(C)CCCN[C@H]1COc2ccc(Cl)cc2[C@@H](O)C1. The zero-order chi connectivity index (χ0) is 14.5. The Labute approximate surface area is 125 Å². The highest BCUT2D eigenvalue weighted by Crippen LogP contribution is 2.33. The molecule has 2 atom stereocenters. The molecule has 0 aliphatic carbocycles. The Hall–Kier alpha value is -0.810. The normalized spacial score (nSPS) is 22.2. The lowest BCUT2D eigenvalue weighted by atomic mass is 10.0. The zero-order valence-electron chi connectivity index (χ0n) is 12.1. The van der Waals surface area contributed by atoms with E-state index in [1.807, 2.05) is 6.07 Å². The Morgan fingerprint density at radius 2 is 2.25 bits per heavy atom. The minimum atomic E-state index is -0.530. The molecule has 0 fully saturated rings. The molecule has 0 spiro atoms. The molecule has 0 saturated heterocycles. The van der Waals surface area contributed by atoms with Crippen molar-refractivity contribution >= 4 is 11.6 Å². The van der Waals surface area contributed by atoms with Crippen LogP contribution in [0.25, 0.3) is 0 Å². The molecule has 0 saturated carbocycles. The number of halogens is 1. The van der Waals surface area contributed by atoms with E-state index in [2.05, 4.69) is 24.3 Å². The molecule has 5 heteroatoms. The van der Waals surface area contributed by atoms with Crippen LogP contribution in [-0.2, 0) is 0 Å². The fraction of sp³-hybridized carbons (Fsp3) is 0.600. The van der Waals surface area contributed by atoms with Crippen LogP contribution in [0.5, 0.6) is 5.75 Å². The van der Waals surface area contributed by atoms with Crippen LogP contribution in [0, 0.1) is 0 Å². The van der Waals surface area contributed by atoms with Gasteiger partial charge in [0.05, 0.1) is 6.10 Å². The predicted molar refractivity (Wildman–Crippen MR) is 81.5 cm³/mol. The third-order valence-corrected chi connectivity index (χ3v) is 3.73. The largest absolute Gasteiger partial charge is 0.492 e. The van der Waals surface area contributed by atoms with E-state index in [0.717, 1.165) is 30.8 Å². The van der Waals surface area contributed by atoms with Crippen molar-refractivity contribution in [3.8, 4) is 5.75 Å². The third kappa shape index (κ3) is 4.35. The summed E-state index contributed by atoms with van der Waals surface area (Å²) in [5.41, 5.74) is 0.787. The molecule has 1 aliphatic rings. The standard InChI is InChI=1S/C15H23ClN2O2/c1-18(2)7-3-6-17-12-9-14(19)13-8-11(16)4-5-15(13)20-10-12/h4-5,8,12,14,17,19H,3,6-7,9-10H2,1-2H3/t12-,14+/m1/s1. The third-order valence-electron chi connectivity index (χ3n) is 3.49. The topological polar surface area (TPSA) is 44.7 Å². The first-order valence-electron chi connectivity index (χ1n) is 7.04. The highest BCUT2D eigenvalue weighted by atomic mass is 35.5. The summed E-state index contributed by atoms with van der Waals surface area (Å²) in [4.78, 5) is 2.16. The molecule has 20 heavy (non-hydrogen) atoms. The molecule has 2 rings (SSSR count). The van der Waals surface area contributed by atoms with Gasteiger partial charge in [0.2, 0.25) is 0 Å². The van der Waals surface area contributed by atoms with E-state index in [1.165, 1.54) is 0 Å². The predicted octanol–water partition coefficient (Wildman–Crippen LogP) is 2.07. The second-order valence-electron chi connectivity index (χ2n) is 5.55. The molecule has 1 heterocycles. The molecular formula is C15H23ClN2O2. The molecule has 2 N–H and O–H groups in total. The summed E-state index contributed by atoms with van der Waals surface area (Å²) < 4.78 is 5.77. The van der Waals surface area contributed by atoms with Gasteiger partial charge in [0.25, 0.3) is 0 Å². The Morgan fingerprint density at radius 3 is 3.00 bits per heavy atom. The number of nitrogens with one attached hydrogen (secondary N) is 1. The molecule has 1 aromatic rings. The van der Waals surface area contributed by atoms with Gasteiger partial charge in [-0.15, -0.1) is 0 Å². The van der Waals surface area contributed by atoms with Gasteiger partial charge < -0.3 is 20.1 Å². The van der Waals surface area contributed by atoms with Gasteiger partial charge in [-0.05, 0) is 58.2 Å². The number of hydrogen-bond acceptors (Lipinski definition) is 4. The van der Waals surface area contributed by atoms with Gasteiger partial charge in [-0.2, -0.15) is 0 Å². The number of aliphatic hydroxyl groups excluding tert-OH is 1. The van der Waals surface area contributed by atoms with Crippen LogP contribution in [0.4, 0.5) is 0 Å². The molecule has 4 nitrogen and oxygen atoms in total. The van der Waals surface area contributed by atoms with Gasteiger partial charge in [0.1, 0.15) is 12.4 Å². The van der Waals surface area contributed by atoms with Gasteiger partial charge >= 0.3 is 0 Å². The van der Waals surface area contributed by atoms with E-state index < -0.39 is 6.10 Å². The average molecular weight is 299 g/mol. The van der Waals surface area contributed by atoms with E-state index in [0.29, 0.717) is 18.1 Å². The van der Waals surface area contributed by atoms with E-state index in [9.17, 15) is 5.11 Å². The van der Waals surface area contributed by atoms with Gasteiger partial charge in [-0.1, -0.05) is 11.6 Å². The minimum Gasteiger partial charge on any atom is -0.492 e. The molecule has 112 valence electrons. The summed E-state index contributed by atoms with van der Waals surface area (Å²) in [6, 6.07) is 5.57. The van der Waals surface area contributed by atoms with Crippen LogP contribution in [0.1, 0.15) is 24.5 Å². The van der Waals surface area contributed by atoms with E-state index in [4.69, 9.17) is 16.3 Å². The smallest absolute Gasteiger partial charge is 0.125 e. The quantitative estimate of drug-likeness (QED) is 0.817. The molecule has 0 radical (unpaired) electrons. The van der Waals surface area contributed by atoms with E-state index >= 15 is 0 Å². The highest BCUT2D eigenvalue weighted by molar-refractivity contribution is 6.30. The van der Waals surface area contributed by atoms with Crippen molar-refractivity contribution in [1.82, 2.24) is 10.2 Å². The van der Waals surface area contributed by atoms with Crippen LogP contribution in [0.3, 0.4) is 0 Å². The van der Waals surface area contributed by atoms with Crippen LogP contribution in [-0.4, -0.2) is 49.8 Å². The van der Waals surface area contributed by atoms with Crippen molar-refractivity contribution in [2.24, 2.45) is 0 Å². The lowest BCUT2D eigenvalue weighted by Gasteiger charge is -2.18. The molecular weight excluding hydrogens is 276 g/mol. The van der Waals surface area contributed by atoms with Crippen molar-refractivity contribution in [2.45, 2.75) is 25.0 Å². The first-order chi connectivity index (χ1) is 9.56. The van der Waals surface area contributed by atoms with Crippen molar-refractivity contribution in [3.05, 3.63) is 28.8 Å². The van der Waals surface area contributed by atoms with E-state index in [1.54, 1.807) is 12.1 Å². The molecule has 0 bridgehead atoms. The van der Waals surface area contributed by atoms with Crippen molar-refractivity contribution < 1.29 is 9.84 Å². The van der Waals surface area contributed by atoms with Crippen LogP contribution in [0.15, 0.2) is 18.2 Å². The summed E-state index contributed by atoms with van der Waals surface area (Å²) in [5, 5.41) is 14.4.